The fraction of sp³-hybridized carbons (Fsp3) is 0.900. The maximum absolute atomic E-state index is 13.7. The number of hydrogen-bond acceptors (Lipinski definition) is 9. The lowest BCUT2D eigenvalue weighted by Gasteiger charge is -2.30. The van der Waals surface area contributed by atoms with Gasteiger partial charge in [0.05, 0.1) is 39.6 Å². The topological polar surface area (TPSA) is 128 Å². The highest BCUT2D eigenvalue weighted by atomic mass is 19.3. The van der Waals surface area contributed by atoms with E-state index in [1.807, 2.05) is 6.92 Å². The zero-order chi connectivity index (χ0) is 29.3. The molecule has 18 heteroatoms. The molecule has 0 aliphatic rings. The lowest BCUT2D eigenvalue weighted by atomic mass is 10.2. The van der Waals surface area contributed by atoms with Gasteiger partial charge in [0, 0.05) is 32.7 Å². The minimum Gasteiger partial charge on any atom is -0.379 e. The Hall–Kier alpha value is -1.70. The van der Waals surface area contributed by atoms with Crippen molar-refractivity contribution >= 4 is 11.7 Å². The predicted octanol–water partition coefficient (Wildman–Crippen LogP) is 2.29. The Balaban J connectivity index is 4.68. The van der Waals surface area contributed by atoms with Gasteiger partial charge in [0.1, 0.15) is 0 Å². The molecule has 0 saturated heterocycles. The molecule has 0 radical (unpaired) electrons. The summed E-state index contributed by atoms with van der Waals surface area (Å²) >= 11 is 0. The molecule has 0 aliphatic heterocycles. The van der Waals surface area contributed by atoms with Crippen molar-refractivity contribution in [2.45, 2.75) is 50.6 Å². The summed E-state index contributed by atoms with van der Waals surface area (Å²) in [4.78, 5) is 22.8. The molecule has 0 heterocycles. The van der Waals surface area contributed by atoms with Gasteiger partial charge in [-0.1, -0.05) is 6.92 Å². The van der Waals surface area contributed by atoms with Gasteiger partial charge in [0.2, 0.25) is 5.78 Å². The van der Waals surface area contributed by atoms with E-state index in [-0.39, 0.29) is 46.2 Å². The third-order valence-corrected chi connectivity index (χ3v) is 4.02. The highest BCUT2D eigenvalue weighted by Crippen LogP contribution is 2.43. The Bertz CT molecular complexity index is 633. The van der Waals surface area contributed by atoms with Crippen LogP contribution < -0.4 is 11.1 Å². The molecule has 226 valence electrons. The molecule has 0 rings (SSSR count). The molecule has 10 nitrogen and oxygen atoms in total. The van der Waals surface area contributed by atoms with Crippen molar-refractivity contribution in [1.29, 1.82) is 0 Å². The predicted molar refractivity (Wildman–Crippen MR) is 112 cm³/mol. The van der Waals surface area contributed by atoms with Crippen LogP contribution in [0.2, 0.25) is 0 Å². The molecular formula is C20H32F8N2O8. The van der Waals surface area contributed by atoms with Gasteiger partial charge in [-0.15, -0.1) is 0 Å². The third kappa shape index (κ3) is 14.5. The van der Waals surface area contributed by atoms with Gasteiger partial charge in [0.25, 0.3) is 0 Å². The number of Topliss-reactive ketones (excluding diaryl/α,β-unsaturated/α-hetero) is 1. The van der Waals surface area contributed by atoms with Crippen molar-refractivity contribution in [2.24, 2.45) is 5.73 Å². The summed E-state index contributed by atoms with van der Waals surface area (Å²) in [6, 6.07) is 0. The van der Waals surface area contributed by atoms with E-state index < -0.39 is 62.1 Å². The van der Waals surface area contributed by atoms with Crippen LogP contribution in [0.25, 0.3) is 0 Å². The van der Waals surface area contributed by atoms with Crippen LogP contribution in [0.1, 0.15) is 26.2 Å². The van der Waals surface area contributed by atoms with Crippen LogP contribution in [0.4, 0.5) is 35.1 Å². The Morgan fingerprint density at radius 2 is 1.16 bits per heavy atom. The van der Waals surface area contributed by atoms with E-state index in [0.29, 0.717) is 6.61 Å². The summed E-state index contributed by atoms with van der Waals surface area (Å²) in [5, 5.41) is 1.37. The number of halogens is 8. The summed E-state index contributed by atoms with van der Waals surface area (Å²) < 4.78 is 134. The zero-order valence-corrected chi connectivity index (χ0v) is 20.6. The summed E-state index contributed by atoms with van der Waals surface area (Å²) in [6.07, 6.45) is -24.9. The SMILES string of the molecule is CCCOCCOCCCC(=O)C(F)(F)OC(F)(F)C(F)(F)OC(F)(F)C(=O)NCCOCCOCCN. The van der Waals surface area contributed by atoms with Crippen LogP contribution in [0.15, 0.2) is 0 Å². The number of nitrogens with two attached hydrogens (primary N) is 1. The molecule has 0 bridgehead atoms. The number of rotatable bonds is 24. The maximum atomic E-state index is 13.7. The van der Waals surface area contributed by atoms with Crippen molar-refractivity contribution in [2.75, 3.05) is 65.9 Å². The normalized spacial score (nSPS) is 13.1. The number of carbonyl (C=O) groups excluding carboxylic acids is 2. The lowest BCUT2D eigenvalue weighted by molar-refractivity contribution is -0.499. The molecule has 0 atom stereocenters. The van der Waals surface area contributed by atoms with Gasteiger partial charge in [-0.2, -0.15) is 35.1 Å². The monoisotopic (exact) mass is 580 g/mol. The number of carbonyl (C=O) groups is 2. The average Bonchev–Trinajstić information content (AvgIpc) is 2.80. The van der Waals surface area contributed by atoms with Gasteiger partial charge in [-0.3, -0.25) is 9.59 Å². The second-order valence-corrected chi connectivity index (χ2v) is 7.29. The first-order valence-electron chi connectivity index (χ1n) is 11.4. The second kappa shape index (κ2) is 17.8. The Morgan fingerprint density at radius 3 is 1.68 bits per heavy atom. The first kappa shape index (κ1) is 36.3. The Morgan fingerprint density at radius 1 is 0.684 bits per heavy atom. The summed E-state index contributed by atoms with van der Waals surface area (Å²) in [5.41, 5.74) is 5.16. The van der Waals surface area contributed by atoms with E-state index in [2.05, 4.69) is 9.47 Å². The van der Waals surface area contributed by atoms with Crippen LogP contribution in [0.5, 0.6) is 0 Å². The molecule has 0 aromatic heterocycles. The molecule has 0 unspecified atom stereocenters. The largest absolute Gasteiger partial charge is 0.453 e. The Kier molecular flexibility index (Phi) is 17.0. The van der Waals surface area contributed by atoms with E-state index in [4.69, 9.17) is 24.7 Å². The van der Waals surface area contributed by atoms with Gasteiger partial charge < -0.3 is 30.0 Å². The van der Waals surface area contributed by atoms with Crippen LogP contribution in [0, 0.1) is 0 Å². The van der Waals surface area contributed by atoms with Crippen LogP contribution in [0.3, 0.4) is 0 Å². The first-order chi connectivity index (χ1) is 17.6. The molecule has 0 aromatic rings. The van der Waals surface area contributed by atoms with Crippen LogP contribution in [-0.4, -0.2) is 102 Å². The van der Waals surface area contributed by atoms with Crippen molar-refractivity contribution in [3.05, 3.63) is 0 Å². The van der Waals surface area contributed by atoms with E-state index in [1.54, 1.807) is 0 Å². The number of ether oxygens (including phenoxy) is 6. The summed E-state index contributed by atoms with van der Waals surface area (Å²) in [6.45, 7) is 1.63. The second-order valence-electron chi connectivity index (χ2n) is 7.29. The van der Waals surface area contributed by atoms with Gasteiger partial charge in [-0.25, -0.2) is 9.47 Å². The number of hydrogen-bond donors (Lipinski definition) is 2. The molecule has 0 aliphatic carbocycles. The molecule has 3 N–H and O–H groups in total. The standard InChI is InChI=1S/C20H32F8N2O8/c1-2-7-33-11-12-34-8-3-4-15(31)17(21,22)37-19(25,26)20(27,28)38-18(23,24)16(32)30-6-10-36-14-13-35-9-5-29/h2-14,29H2,1H3,(H,30,32). The molecule has 0 fully saturated rings. The van der Waals surface area contributed by atoms with Crippen molar-refractivity contribution in [1.82, 2.24) is 5.32 Å². The van der Waals surface area contributed by atoms with E-state index in [1.165, 1.54) is 5.32 Å². The highest BCUT2D eigenvalue weighted by molar-refractivity contribution is 5.84. The third-order valence-electron chi connectivity index (χ3n) is 4.02. The first-order valence-corrected chi connectivity index (χ1v) is 11.4. The maximum Gasteiger partial charge on any atom is 0.453 e. The minimum atomic E-state index is -6.46. The van der Waals surface area contributed by atoms with E-state index in [9.17, 15) is 44.7 Å². The lowest BCUT2D eigenvalue weighted by Crippen LogP contribution is -2.56. The quantitative estimate of drug-likeness (QED) is 0.131. The molecule has 38 heavy (non-hydrogen) atoms. The summed E-state index contributed by atoms with van der Waals surface area (Å²) in [7, 11) is 0. The van der Waals surface area contributed by atoms with E-state index in [0.717, 1.165) is 6.42 Å². The van der Waals surface area contributed by atoms with Gasteiger partial charge in [-0.05, 0) is 12.8 Å². The number of alkyl halides is 8. The number of nitrogens with one attached hydrogen (secondary N) is 1. The molecule has 1 amide bonds. The number of ketones is 1. The van der Waals surface area contributed by atoms with Gasteiger partial charge in [0.15, 0.2) is 0 Å². The average molecular weight is 580 g/mol. The molecule has 0 aromatic carbocycles. The molecule has 0 spiro atoms. The summed E-state index contributed by atoms with van der Waals surface area (Å²) in [5.74, 6) is -4.95. The highest BCUT2D eigenvalue weighted by Gasteiger charge is 2.69. The van der Waals surface area contributed by atoms with Crippen molar-refractivity contribution < 1.29 is 73.1 Å². The smallest absolute Gasteiger partial charge is 0.379 e. The van der Waals surface area contributed by atoms with Crippen molar-refractivity contribution in [3.8, 4) is 0 Å². The molecule has 0 saturated carbocycles. The van der Waals surface area contributed by atoms with E-state index >= 15 is 0 Å². The zero-order valence-electron chi connectivity index (χ0n) is 20.6. The minimum absolute atomic E-state index is 0.0433. The fourth-order valence-electron chi connectivity index (χ4n) is 2.24. The van der Waals surface area contributed by atoms with Crippen LogP contribution in [-0.2, 0) is 38.0 Å². The van der Waals surface area contributed by atoms with Gasteiger partial charge >= 0.3 is 30.3 Å². The Labute approximate surface area is 213 Å². The van der Waals surface area contributed by atoms with Crippen molar-refractivity contribution in [3.63, 3.8) is 0 Å². The molecular weight excluding hydrogens is 548 g/mol. The number of amides is 1. The fourth-order valence-corrected chi connectivity index (χ4v) is 2.24. The van der Waals surface area contributed by atoms with Crippen LogP contribution >= 0.6 is 0 Å².